The van der Waals surface area contributed by atoms with Gasteiger partial charge in [0.15, 0.2) is 0 Å². The minimum atomic E-state index is -0.167. The van der Waals surface area contributed by atoms with Crippen molar-refractivity contribution >= 4 is 5.91 Å². The standard InChI is InChI=1S/C15H22N2O2/c1-11(18)16-8-9-17-13-10-15(2,3)19-14-7-5-4-6-12(13)14/h4-7,13,17H,8-10H2,1-3H3,(H,16,18). The number of fused-ring (bicyclic) bond motifs is 1. The molecule has 0 radical (unpaired) electrons. The van der Waals surface area contributed by atoms with Gasteiger partial charge in [-0.15, -0.1) is 0 Å². The molecule has 0 spiro atoms. The first-order valence-corrected chi connectivity index (χ1v) is 6.74. The highest BCUT2D eigenvalue weighted by Gasteiger charge is 2.32. The largest absolute Gasteiger partial charge is 0.487 e. The second-order valence-electron chi connectivity index (χ2n) is 5.59. The molecule has 0 saturated carbocycles. The van der Waals surface area contributed by atoms with Gasteiger partial charge in [-0.25, -0.2) is 0 Å². The number of para-hydroxylation sites is 1. The predicted molar refractivity (Wildman–Crippen MR) is 75.2 cm³/mol. The summed E-state index contributed by atoms with van der Waals surface area (Å²) in [6, 6.07) is 8.41. The highest BCUT2D eigenvalue weighted by atomic mass is 16.5. The van der Waals surface area contributed by atoms with Crippen molar-refractivity contribution in [1.29, 1.82) is 0 Å². The quantitative estimate of drug-likeness (QED) is 0.816. The van der Waals surface area contributed by atoms with Crippen LogP contribution in [0.4, 0.5) is 0 Å². The van der Waals surface area contributed by atoms with Crippen LogP contribution in [0.1, 0.15) is 38.8 Å². The monoisotopic (exact) mass is 262 g/mol. The molecule has 4 heteroatoms. The fourth-order valence-electron chi connectivity index (χ4n) is 2.47. The molecule has 1 amide bonds. The Morgan fingerprint density at radius 3 is 2.84 bits per heavy atom. The predicted octanol–water partition coefficient (Wildman–Crippen LogP) is 2.01. The minimum Gasteiger partial charge on any atom is -0.487 e. The van der Waals surface area contributed by atoms with Gasteiger partial charge in [0.2, 0.25) is 5.91 Å². The molecular weight excluding hydrogens is 240 g/mol. The second kappa shape index (κ2) is 5.61. The van der Waals surface area contributed by atoms with Gasteiger partial charge in [-0.3, -0.25) is 4.79 Å². The first kappa shape index (κ1) is 13.9. The maximum Gasteiger partial charge on any atom is 0.216 e. The van der Waals surface area contributed by atoms with E-state index in [1.165, 1.54) is 12.5 Å². The van der Waals surface area contributed by atoms with E-state index in [2.05, 4.69) is 30.5 Å². The molecule has 0 fully saturated rings. The van der Waals surface area contributed by atoms with Gasteiger partial charge in [-0.05, 0) is 19.9 Å². The zero-order valence-electron chi connectivity index (χ0n) is 11.8. The Morgan fingerprint density at radius 2 is 2.11 bits per heavy atom. The van der Waals surface area contributed by atoms with Gasteiger partial charge < -0.3 is 15.4 Å². The van der Waals surface area contributed by atoms with Crippen LogP contribution in [0.5, 0.6) is 5.75 Å². The van der Waals surface area contributed by atoms with Gasteiger partial charge in [-0.2, -0.15) is 0 Å². The zero-order chi connectivity index (χ0) is 13.9. The number of rotatable bonds is 4. The Kier molecular flexibility index (Phi) is 4.10. The van der Waals surface area contributed by atoms with E-state index in [0.717, 1.165) is 18.7 Å². The van der Waals surface area contributed by atoms with Gasteiger partial charge in [0.25, 0.3) is 0 Å². The molecule has 104 valence electrons. The van der Waals surface area contributed by atoms with Crippen LogP contribution in [0.3, 0.4) is 0 Å². The molecule has 1 unspecified atom stereocenters. The highest BCUT2D eigenvalue weighted by molar-refractivity contribution is 5.72. The average Bonchev–Trinajstić information content (AvgIpc) is 2.33. The van der Waals surface area contributed by atoms with Crippen LogP contribution in [0.15, 0.2) is 24.3 Å². The lowest BCUT2D eigenvalue weighted by Gasteiger charge is -2.38. The first-order valence-electron chi connectivity index (χ1n) is 6.74. The number of ether oxygens (including phenoxy) is 1. The number of carbonyl (C=O) groups is 1. The van der Waals surface area contributed by atoms with E-state index in [1.807, 2.05) is 18.2 Å². The van der Waals surface area contributed by atoms with Crippen molar-refractivity contribution < 1.29 is 9.53 Å². The second-order valence-corrected chi connectivity index (χ2v) is 5.59. The molecule has 1 aromatic rings. The van der Waals surface area contributed by atoms with Crippen molar-refractivity contribution in [3.63, 3.8) is 0 Å². The van der Waals surface area contributed by atoms with E-state index in [-0.39, 0.29) is 17.6 Å². The molecule has 0 aromatic heterocycles. The Bertz CT molecular complexity index is 457. The van der Waals surface area contributed by atoms with Gasteiger partial charge in [0.05, 0.1) is 0 Å². The number of amides is 1. The van der Waals surface area contributed by atoms with Crippen LogP contribution in [-0.2, 0) is 4.79 Å². The van der Waals surface area contributed by atoms with Gasteiger partial charge in [0, 0.05) is 38.0 Å². The van der Waals surface area contributed by atoms with Crippen molar-refractivity contribution in [1.82, 2.24) is 10.6 Å². The van der Waals surface area contributed by atoms with Crippen LogP contribution in [0.2, 0.25) is 0 Å². The summed E-state index contributed by atoms with van der Waals surface area (Å²) in [6.45, 7) is 7.15. The molecule has 1 aliphatic rings. The summed E-state index contributed by atoms with van der Waals surface area (Å²) in [4.78, 5) is 10.8. The summed E-state index contributed by atoms with van der Waals surface area (Å²) < 4.78 is 5.98. The Balaban J connectivity index is 2.01. The summed E-state index contributed by atoms with van der Waals surface area (Å²) in [5.74, 6) is 0.963. The summed E-state index contributed by atoms with van der Waals surface area (Å²) in [6.07, 6.45) is 0.921. The van der Waals surface area contributed by atoms with E-state index in [9.17, 15) is 4.79 Å². The van der Waals surface area contributed by atoms with Crippen molar-refractivity contribution in [3.8, 4) is 5.75 Å². The molecule has 0 aliphatic carbocycles. The normalized spacial score (nSPS) is 20.3. The molecular formula is C15H22N2O2. The van der Waals surface area contributed by atoms with E-state index >= 15 is 0 Å². The first-order chi connectivity index (χ1) is 8.98. The molecule has 2 N–H and O–H groups in total. The number of hydrogen-bond donors (Lipinski definition) is 2. The topological polar surface area (TPSA) is 50.4 Å². The molecule has 1 atom stereocenters. The van der Waals surface area contributed by atoms with Crippen LogP contribution < -0.4 is 15.4 Å². The molecule has 0 saturated heterocycles. The third kappa shape index (κ3) is 3.70. The molecule has 0 bridgehead atoms. The number of carbonyl (C=O) groups excluding carboxylic acids is 1. The third-order valence-corrected chi connectivity index (χ3v) is 3.27. The smallest absolute Gasteiger partial charge is 0.216 e. The lowest BCUT2D eigenvalue weighted by Crippen LogP contribution is -2.41. The van der Waals surface area contributed by atoms with E-state index in [0.29, 0.717) is 6.54 Å². The maximum absolute atomic E-state index is 10.8. The number of nitrogens with one attached hydrogen (secondary N) is 2. The van der Waals surface area contributed by atoms with E-state index in [1.54, 1.807) is 0 Å². The zero-order valence-corrected chi connectivity index (χ0v) is 11.8. The molecule has 2 rings (SSSR count). The van der Waals surface area contributed by atoms with Gasteiger partial charge in [-0.1, -0.05) is 18.2 Å². The minimum absolute atomic E-state index is 0.00880. The summed E-state index contributed by atoms with van der Waals surface area (Å²) >= 11 is 0. The van der Waals surface area contributed by atoms with Crippen LogP contribution in [0.25, 0.3) is 0 Å². The SMILES string of the molecule is CC(=O)NCCNC1CC(C)(C)Oc2ccccc21. The number of benzene rings is 1. The third-order valence-electron chi connectivity index (χ3n) is 3.27. The summed E-state index contributed by atoms with van der Waals surface area (Å²) in [7, 11) is 0. The van der Waals surface area contributed by atoms with E-state index in [4.69, 9.17) is 4.74 Å². The average molecular weight is 262 g/mol. The molecule has 4 nitrogen and oxygen atoms in total. The van der Waals surface area contributed by atoms with Gasteiger partial charge >= 0.3 is 0 Å². The Morgan fingerprint density at radius 1 is 1.37 bits per heavy atom. The lowest BCUT2D eigenvalue weighted by molar-refractivity contribution is -0.118. The highest BCUT2D eigenvalue weighted by Crippen LogP contribution is 2.38. The molecule has 19 heavy (non-hydrogen) atoms. The Hall–Kier alpha value is -1.55. The van der Waals surface area contributed by atoms with Crippen LogP contribution in [-0.4, -0.2) is 24.6 Å². The molecule has 1 heterocycles. The lowest BCUT2D eigenvalue weighted by atomic mass is 9.90. The summed E-state index contributed by atoms with van der Waals surface area (Å²) in [5, 5.41) is 6.29. The van der Waals surface area contributed by atoms with Crippen LogP contribution in [0, 0.1) is 0 Å². The molecule has 1 aromatic carbocycles. The van der Waals surface area contributed by atoms with Gasteiger partial charge in [0.1, 0.15) is 11.4 Å². The maximum atomic E-state index is 10.8. The molecule has 1 aliphatic heterocycles. The van der Waals surface area contributed by atoms with Crippen LogP contribution >= 0.6 is 0 Å². The van der Waals surface area contributed by atoms with E-state index < -0.39 is 0 Å². The van der Waals surface area contributed by atoms with Crippen molar-refractivity contribution in [2.75, 3.05) is 13.1 Å². The fourth-order valence-corrected chi connectivity index (χ4v) is 2.47. The fraction of sp³-hybridized carbons (Fsp3) is 0.533. The van der Waals surface area contributed by atoms with Crippen molar-refractivity contribution in [3.05, 3.63) is 29.8 Å². The van der Waals surface area contributed by atoms with Crippen molar-refractivity contribution in [2.45, 2.75) is 38.8 Å². The number of hydrogen-bond acceptors (Lipinski definition) is 3. The Labute approximate surface area is 114 Å². The summed E-state index contributed by atoms with van der Waals surface area (Å²) in [5.41, 5.74) is 1.03. The van der Waals surface area contributed by atoms with Crippen molar-refractivity contribution in [2.24, 2.45) is 0 Å².